The van der Waals surface area contributed by atoms with Gasteiger partial charge in [-0.3, -0.25) is 4.79 Å². The number of sulfone groups is 1. The third-order valence-electron chi connectivity index (χ3n) is 4.57. The molecule has 1 unspecified atom stereocenters. The van der Waals surface area contributed by atoms with Gasteiger partial charge in [0.05, 0.1) is 26.2 Å². The fourth-order valence-electron chi connectivity index (χ4n) is 2.99. The molecule has 2 aromatic carbocycles. The zero-order chi connectivity index (χ0) is 20.1. The summed E-state index contributed by atoms with van der Waals surface area (Å²) in [6.45, 7) is 1.90. The Balaban J connectivity index is 1.43. The van der Waals surface area contributed by atoms with Crippen LogP contribution in [-0.4, -0.2) is 25.6 Å². The van der Waals surface area contributed by atoms with Crippen LogP contribution in [0.1, 0.15) is 42.8 Å². The fourth-order valence-corrected chi connectivity index (χ4v) is 4.63. The quantitative estimate of drug-likeness (QED) is 0.556. The van der Waals surface area contributed by atoms with Gasteiger partial charge in [0.15, 0.2) is 9.84 Å². The molecule has 0 saturated heterocycles. The highest BCUT2D eigenvalue weighted by molar-refractivity contribution is 7.90. The first-order valence-corrected chi connectivity index (χ1v) is 12.0. The molecule has 28 heavy (non-hydrogen) atoms. The number of rotatable bonds is 8. The number of para-hydroxylation sites is 1. The molecule has 5 nitrogen and oxygen atoms in total. The molecule has 1 amide bonds. The summed E-state index contributed by atoms with van der Waals surface area (Å²) in [5, 5.41) is 4.09. The maximum absolute atomic E-state index is 12.2. The van der Waals surface area contributed by atoms with Crippen molar-refractivity contribution in [3.63, 3.8) is 0 Å². The van der Waals surface area contributed by atoms with E-state index in [1.807, 2.05) is 25.1 Å². The van der Waals surface area contributed by atoms with E-state index in [9.17, 15) is 13.2 Å². The molecule has 3 rings (SSSR count). The molecule has 1 N–H and O–H groups in total. The van der Waals surface area contributed by atoms with Gasteiger partial charge in [0.2, 0.25) is 5.91 Å². The van der Waals surface area contributed by atoms with Gasteiger partial charge < -0.3 is 5.32 Å². The second-order valence-electron chi connectivity index (χ2n) is 6.91. The van der Waals surface area contributed by atoms with E-state index in [1.165, 1.54) is 11.0 Å². The van der Waals surface area contributed by atoms with Crippen LogP contribution < -0.4 is 5.32 Å². The minimum Gasteiger partial charge on any atom is -0.350 e. The molecule has 148 valence electrons. The molecule has 0 spiro atoms. The number of amides is 1. The average Bonchev–Trinajstić information content (AvgIpc) is 3.07. The highest BCUT2D eigenvalue weighted by atomic mass is 32.2. The number of unbranched alkanes of at least 4 members (excludes halogenated alkanes) is 1. The van der Waals surface area contributed by atoms with Crippen LogP contribution in [0.15, 0.2) is 53.4 Å². The number of hydrogen-bond donors (Lipinski definition) is 1. The van der Waals surface area contributed by atoms with E-state index in [2.05, 4.69) is 16.4 Å². The van der Waals surface area contributed by atoms with E-state index in [4.69, 9.17) is 0 Å². The number of thiazole rings is 1. The van der Waals surface area contributed by atoms with E-state index in [0.29, 0.717) is 6.42 Å². The zero-order valence-electron chi connectivity index (χ0n) is 16.0. The van der Waals surface area contributed by atoms with Crippen LogP contribution in [-0.2, 0) is 21.1 Å². The van der Waals surface area contributed by atoms with Crippen molar-refractivity contribution in [2.45, 2.75) is 43.5 Å². The lowest BCUT2D eigenvalue weighted by Gasteiger charge is -2.14. The topological polar surface area (TPSA) is 76.1 Å². The number of hydrogen-bond acceptors (Lipinski definition) is 5. The molecule has 1 heterocycles. The maximum Gasteiger partial charge on any atom is 0.220 e. The summed E-state index contributed by atoms with van der Waals surface area (Å²) in [7, 11) is -3.21. The fraction of sp³-hybridized carbons (Fsp3) is 0.333. The third kappa shape index (κ3) is 5.39. The molecule has 0 bridgehead atoms. The number of benzene rings is 2. The van der Waals surface area contributed by atoms with Crippen molar-refractivity contribution in [3.8, 4) is 0 Å². The van der Waals surface area contributed by atoms with Gasteiger partial charge >= 0.3 is 0 Å². The molecule has 1 aromatic heterocycles. The number of aromatic nitrogens is 1. The van der Waals surface area contributed by atoms with Crippen molar-refractivity contribution < 1.29 is 13.2 Å². The number of nitrogens with one attached hydrogen (secondary N) is 1. The van der Waals surface area contributed by atoms with Crippen molar-refractivity contribution in [2.75, 3.05) is 6.26 Å². The lowest BCUT2D eigenvalue weighted by Crippen LogP contribution is -2.26. The minimum atomic E-state index is -3.21. The van der Waals surface area contributed by atoms with Crippen LogP contribution >= 0.6 is 11.3 Å². The Labute approximate surface area is 169 Å². The van der Waals surface area contributed by atoms with Crippen molar-refractivity contribution in [1.82, 2.24) is 10.3 Å². The van der Waals surface area contributed by atoms with E-state index in [0.717, 1.165) is 35.4 Å². The molecule has 0 aliphatic heterocycles. The zero-order valence-corrected chi connectivity index (χ0v) is 17.6. The smallest absolute Gasteiger partial charge is 0.220 e. The Bertz CT molecular complexity index is 1020. The summed E-state index contributed by atoms with van der Waals surface area (Å²) in [4.78, 5) is 17.1. The number of carbonyl (C=O) groups excluding carboxylic acids is 1. The second kappa shape index (κ2) is 8.84. The van der Waals surface area contributed by atoms with Gasteiger partial charge in [-0.25, -0.2) is 13.4 Å². The molecular formula is C21H24N2O3S2. The molecule has 3 aromatic rings. The first-order valence-electron chi connectivity index (χ1n) is 9.27. The summed E-state index contributed by atoms with van der Waals surface area (Å²) in [5.74, 6) is 0.00369. The number of nitrogens with zero attached hydrogens (tertiary/aromatic N) is 1. The molecule has 7 heteroatoms. The number of aryl methyl sites for hydroxylation is 1. The summed E-state index contributed by atoms with van der Waals surface area (Å²) in [5.41, 5.74) is 1.92. The van der Waals surface area contributed by atoms with Crippen LogP contribution in [0.3, 0.4) is 0 Å². The predicted octanol–water partition coefficient (Wildman–Crippen LogP) is 4.29. The van der Waals surface area contributed by atoms with Gasteiger partial charge in [-0.1, -0.05) is 24.3 Å². The first kappa shape index (κ1) is 20.5. The SMILES string of the molecule is CC(NC(=O)CCCCc1nc2ccccc2s1)c1ccc(S(C)(=O)=O)cc1. The van der Waals surface area contributed by atoms with Crippen LogP contribution in [0, 0.1) is 0 Å². The van der Waals surface area contributed by atoms with Gasteiger partial charge in [0.25, 0.3) is 0 Å². The standard InChI is InChI=1S/C21H24N2O3S2/c1-15(16-11-13-17(14-12-16)28(2,25)26)22-20(24)9-5-6-10-21-23-18-7-3-4-8-19(18)27-21/h3-4,7-8,11-15H,5-6,9-10H2,1-2H3,(H,22,24). The highest BCUT2D eigenvalue weighted by Gasteiger charge is 2.12. The van der Waals surface area contributed by atoms with Gasteiger partial charge in [-0.05, 0) is 56.0 Å². The van der Waals surface area contributed by atoms with Gasteiger partial charge in [-0.15, -0.1) is 11.3 Å². The highest BCUT2D eigenvalue weighted by Crippen LogP contribution is 2.23. The molecule has 0 fully saturated rings. The third-order valence-corrected chi connectivity index (χ3v) is 6.79. The maximum atomic E-state index is 12.2. The molecule has 0 radical (unpaired) electrons. The second-order valence-corrected chi connectivity index (χ2v) is 10.0. The predicted molar refractivity (Wildman–Crippen MR) is 113 cm³/mol. The average molecular weight is 417 g/mol. The van der Waals surface area contributed by atoms with Crippen molar-refractivity contribution in [2.24, 2.45) is 0 Å². The van der Waals surface area contributed by atoms with E-state index < -0.39 is 9.84 Å². The first-order chi connectivity index (χ1) is 13.3. The van der Waals surface area contributed by atoms with Crippen LogP contribution in [0.2, 0.25) is 0 Å². The van der Waals surface area contributed by atoms with Gasteiger partial charge in [0, 0.05) is 12.7 Å². The van der Waals surface area contributed by atoms with E-state index in [-0.39, 0.29) is 16.8 Å². The number of fused-ring (bicyclic) bond motifs is 1. The molecule has 0 saturated carbocycles. The Kier molecular flexibility index (Phi) is 6.46. The van der Waals surface area contributed by atoms with Crippen LogP contribution in [0.5, 0.6) is 0 Å². The van der Waals surface area contributed by atoms with Crippen molar-refractivity contribution in [1.29, 1.82) is 0 Å². The summed E-state index contributed by atoms with van der Waals surface area (Å²) in [6.07, 6.45) is 4.26. The minimum absolute atomic E-state index is 0.00369. The van der Waals surface area contributed by atoms with Gasteiger partial charge in [-0.2, -0.15) is 0 Å². The molecular weight excluding hydrogens is 392 g/mol. The summed E-state index contributed by atoms with van der Waals surface area (Å²) >= 11 is 1.71. The molecule has 0 aliphatic rings. The van der Waals surface area contributed by atoms with Crippen LogP contribution in [0.25, 0.3) is 10.2 Å². The Morgan fingerprint density at radius 3 is 2.50 bits per heavy atom. The van der Waals surface area contributed by atoms with Gasteiger partial charge in [0.1, 0.15) is 0 Å². The van der Waals surface area contributed by atoms with Crippen molar-refractivity contribution in [3.05, 3.63) is 59.1 Å². The molecule has 1 atom stereocenters. The summed E-state index contributed by atoms with van der Waals surface area (Å²) < 4.78 is 24.2. The Morgan fingerprint density at radius 1 is 1.11 bits per heavy atom. The Morgan fingerprint density at radius 2 is 1.82 bits per heavy atom. The van der Waals surface area contributed by atoms with E-state index in [1.54, 1.807) is 35.6 Å². The van der Waals surface area contributed by atoms with Crippen molar-refractivity contribution >= 4 is 37.3 Å². The lowest BCUT2D eigenvalue weighted by molar-refractivity contribution is -0.121. The Hall–Kier alpha value is -2.25. The normalized spacial score (nSPS) is 12.8. The monoisotopic (exact) mass is 416 g/mol. The largest absolute Gasteiger partial charge is 0.350 e. The summed E-state index contributed by atoms with van der Waals surface area (Å²) in [6, 6.07) is 14.6. The molecule has 0 aliphatic carbocycles. The lowest BCUT2D eigenvalue weighted by atomic mass is 10.1. The number of carbonyl (C=O) groups is 1. The van der Waals surface area contributed by atoms with E-state index >= 15 is 0 Å². The van der Waals surface area contributed by atoms with Crippen LogP contribution in [0.4, 0.5) is 0 Å².